The predicted molar refractivity (Wildman–Crippen MR) is 116 cm³/mol. The molecule has 2 aromatic rings. The number of ether oxygens (including phenoxy) is 3. The molecule has 1 saturated carbocycles. The SMILES string of the molecule is COc1cc(C2C3C(=O)C4(O)OCC2C4C=C3C2Oc3cc(O)cc(O)c3C(=O)C2O)ccc1O. The van der Waals surface area contributed by atoms with E-state index in [1.807, 2.05) is 0 Å². The van der Waals surface area contributed by atoms with E-state index in [1.165, 1.54) is 13.2 Å². The van der Waals surface area contributed by atoms with Gasteiger partial charge in [-0.25, -0.2) is 0 Å². The van der Waals surface area contributed by atoms with Crippen LogP contribution in [0.5, 0.6) is 28.7 Å². The number of ketones is 2. The van der Waals surface area contributed by atoms with E-state index in [1.54, 1.807) is 18.2 Å². The average molecular weight is 482 g/mol. The number of benzene rings is 2. The van der Waals surface area contributed by atoms with Gasteiger partial charge in [0.1, 0.15) is 22.8 Å². The van der Waals surface area contributed by atoms with Gasteiger partial charge in [0, 0.05) is 29.9 Å². The molecule has 2 aliphatic heterocycles. The van der Waals surface area contributed by atoms with E-state index in [0.717, 1.165) is 12.1 Å². The first-order valence-electron chi connectivity index (χ1n) is 11.1. The van der Waals surface area contributed by atoms with Gasteiger partial charge in [-0.2, -0.15) is 0 Å². The van der Waals surface area contributed by atoms with Gasteiger partial charge in [-0.05, 0) is 23.3 Å². The minimum atomic E-state index is -2.02. The quantitative estimate of drug-likeness (QED) is 0.399. The lowest BCUT2D eigenvalue weighted by molar-refractivity contribution is -0.204. The molecule has 2 heterocycles. The maximum absolute atomic E-state index is 13.6. The van der Waals surface area contributed by atoms with E-state index >= 15 is 0 Å². The highest BCUT2D eigenvalue weighted by Gasteiger charge is 2.68. The molecule has 2 fully saturated rings. The molecule has 0 spiro atoms. The number of aliphatic hydroxyl groups excluding tert-OH is 1. The second-order valence-electron chi connectivity index (χ2n) is 9.35. The van der Waals surface area contributed by atoms with Crippen LogP contribution in [0.15, 0.2) is 42.0 Å². The van der Waals surface area contributed by atoms with Crippen LogP contribution in [-0.2, 0) is 9.53 Å². The predicted octanol–water partition coefficient (Wildman–Crippen LogP) is 0.990. The van der Waals surface area contributed by atoms with Gasteiger partial charge >= 0.3 is 0 Å². The maximum atomic E-state index is 13.6. The second kappa shape index (κ2) is 7.20. The smallest absolute Gasteiger partial charge is 0.233 e. The summed E-state index contributed by atoms with van der Waals surface area (Å²) in [6.45, 7) is 0.110. The number of aliphatic hydroxyl groups is 2. The third kappa shape index (κ3) is 2.81. The molecule has 4 bridgehead atoms. The Morgan fingerprint density at radius 3 is 2.60 bits per heavy atom. The van der Waals surface area contributed by atoms with Gasteiger partial charge in [-0.15, -0.1) is 0 Å². The number of phenolic OH excluding ortho intramolecular Hbond substituents is 3. The van der Waals surface area contributed by atoms with Crippen molar-refractivity contribution in [3.8, 4) is 28.7 Å². The molecular formula is C25H22O10. The Kier molecular flexibility index (Phi) is 4.51. The maximum Gasteiger partial charge on any atom is 0.233 e. The molecule has 7 atom stereocenters. The molecule has 7 rings (SSSR count). The minimum absolute atomic E-state index is 0.0775. The lowest BCUT2D eigenvalue weighted by Crippen LogP contribution is -2.60. The summed E-state index contributed by atoms with van der Waals surface area (Å²) in [6, 6.07) is 6.83. The Balaban J connectivity index is 1.48. The van der Waals surface area contributed by atoms with Crippen LogP contribution in [0.1, 0.15) is 21.8 Å². The van der Waals surface area contributed by atoms with Gasteiger partial charge in [0.25, 0.3) is 0 Å². The molecule has 5 aliphatic rings. The number of rotatable bonds is 3. The second-order valence-corrected chi connectivity index (χ2v) is 9.35. The fourth-order valence-electron chi connectivity index (χ4n) is 6.09. The van der Waals surface area contributed by atoms with E-state index in [9.17, 15) is 35.1 Å². The van der Waals surface area contributed by atoms with E-state index in [0.29, 0.717) is 11.1 Å². The van der Waals surface area contributed by atoms with Crippen molar-refractivity contribution in [2.24, 2.45) is 17.8 Å². The number of carbonyl (C=O) groups is 2. The minimum Gasteiger partial charge on any atom is -0.508 e. The van der Waals surface area contributed by atoms with Crippen molar-refractivity contribution in [2.45, 2.75) is 23.9 Å². The number of hydrogen-bond acceptors (Lipinski definition) is 10. The number of carbonyl (C=O) groups excluding carboxylic acids is 2. The van der Waals surface area contributed by atoms with E-state index in [-0.39, 0.29) is 41.1 Å². The van der Waals surface area contributed by atoms with Crippen LogP contribution in [0.2, 0.25) is 0 Å². The van der Waals surface area contributed by atoms with Crippen LogP contribution in [-0.4, -0.2) is 68.8 Å². The molecular weight excluding hydrogens is 460 g/mol. The Hall–Kier alpha value is -3.60. The average Bonchev–Trinajstić information content (AvgIpc) is 3.12. The van der Waals surface area contributed by atoms with Crippen LogP contribution in [0, 0.1) is 17.8 Å². The van der Waals surface area contributed by atoms with Crippen molar-refractivity contribution in [1.29, 1.82) is 0 Å². The normalized spacial score (nSPS) is 34.9. The first-order valence-corrected chi connectivity index (χ1v) is 11.1. The summed E-state index contributed by atoms with van der Waals surface area (Å²) in [7, 11) is 1.40. The Bertz CT molecular complexity index is 1320. The van der Waals surface area contributed by atoms with Gasteiger partial charge in [-0.1, -0.05) is 12.1 Å². The van der Waals surface area contributed by atoms with Gasteiger partial charge in [0.2, 0.25) is 11.6 Å². The molecule has 182 valence electrons. The Labute approximate surface area is 198 Å². The number of hydrogen-bond donors (Lipinski definition) is 5. The van der Waals surface area contributed by atoms with Gasteiger partial charge in [0.05, 0.1) is 19.6 Å². The largest absolute Gasteiger partial charge is 0.508 e. The fourth-order valence-corrected chi connectivity index (χ4v) is 6.09. The highest BCUT2D eigenvalue weighted by atomic mass is 16.6. The van der Waals surface area contributed by atoms with Crippen LogP contribution in [0.25, 0.3) is 0 Å². The third-order valence-electron chi connectivity index (χ3n) is 7.64. The van der Waals surface area contributed by atoms with E-state index in [4.69, 9.17) is 14.2 Å². The summed E-state index contributed by atoms with van der Waals surface area (Å²) in [5, 5.41) is 52.0. The van der Waals surface area contributed by atoms with Crippen molar-refractivity contribution in [2.75, 3.05) is 13.7 Å². The molecule has 0 radical (unpaired) electrons. The summed E-state index contributed by atoms with van der Waals surface area (Å²) < 4.78 is 16.7. The Morgan fingerprint density at radius 1 is 1.09 bits per heavy atom. The lowest BCUT2D eigenvalue weighted by Gasteiger charge is -2.49. The molecule has 35 heavy (non-hydrogen) atoms. The molecule has 7 unspecified atom stereocenters. The lowest BCUT2D eigenvalue weighted by atomic mass is 9.55. The fraction of sp³-hybridized carbons (Fsp3) is 0.360. The number of fused-ring (bicyclic) bond motifs is 1. The molecule has 5 N–H and O–H groups in total. The van der Waals surface area contributed by atoms with Crippen LogP contribution >= 0.6 is 0 Å². The highest BCUT2D eigenvalue weighted by molar-refractivity contribution is 6.06. The standard InChI is InChI=1S/C25H22O10/c1-33-16-4-9(2-3-14(16)27)18-12-8-34-25(32)13(12)7-11(19(18)24(25)31)23-22(30)21(29)20-15(28)5-10(26)6-17(20)35-23/h2-7,12-13,18-19,22-23,26-28,30,32H,8H2,1H3. The van der Waals surface area contributed by atoms with Crippen LogP contribution in [0.4, 0.5) is 0 Å². The molecule has 10 nitrogen and oxygen atoms in total. The van der Waals surface area contributed by atoms with Crippen LogP contribution < -0.4 is 9.47 Å². The van der Waals surface area contributed by atoms with Crippen molar-refractivity contribution >= 4 is 11.6 Å². The van der Waals surface area contributed by atoms with Crippen LogP contribution in [0.3, 0.4) is 0 Å². The summed E-state index contributed by atoms with van der Waals surface area (Å²) in [4.78, 5) is 26.5. The molecule has 1 saturated heterocycles. The zero-order valence-corrected chi connectivity index (χ0v) is 18.4. The molecule has 0 amide bonds. The van der Waals surface area contributed by atoms with Crippen molar-refractivity contribution in [3.63, 3.8) is 0 Å². The molecule has 2 aromatic carbocycles. The van der Waals surface area contributed by atoms with Gasteiger partial charge in [0.15, 0.2) is 29.5 Å². The number of phenols is 3. The van der Waals surface area contributed by atoms with Crippen molar-refractivity contribution < 1.29 is 49.3 Å². The monoisotopic (exact) mass is 482 g/mol. The van der Waals surface area contributed by atoms with E-state index < -0.39 is 53.1 Å². The third-order valence-corrected chi connectivity index (χ3v) is 7.64. The molecule has 3 aliphatic carbocycles. The zero-order chi connectivity index (χ0) is 24.8. The molecule has 0 aromatic heterocycles. The first kappa shape index (κ1) is 21.9. The summed E-state index contributed by atoms with van der Waals surface area (Å²) in [5.41, 5.74) is 0.692. The summed E-state index contributed by atoms with van der Waals surface area (Å²) in [5.74, 6) is -6.90. The zero-order valence-electron chi connectivity index (χ0n) is 18.4. The number of Topliss-reactive ketones (excluding diaryl/α,β-unsaturated/α-hetero) is 2. The molecule has 10 heteroatoms. The van der Waals surface area contributed by atoms with Gasteiger partial charge in [-0.3, -0.25) is 9.59 Å². The topological polar surface area (TPSA) is 163 Å². The number of methoxy groups -OCH3 is 1. The van der Waals surface area contributed by atoms with Gasteiger partial charge < -0.3 is 39.7 Å². The summed E-state index contributed by atoms with van der Waals surface area (Å²) >= 11 is 0. The van der Waals surface area contributed by atoms with E-state index in [2.05, 4.69) is 0 Å². The Morgan fingerprint density at radius 2 is 1.86 bits per heavy atom. The van der Waals surface area contributed by atoms with Crippen molar-refractivity contribution in [1.82, 2.24) is 0 Å². The summed E-state index contributed by atoms with van der Waals surface area (Å²) in [6.07, 6.45) is -1.40. The first-order chi connectivity index (χ1) is 16.7. The highest BCUT2D eigenvalue weighted by Crippen LogP contribution is 2.60. The van der Waals surface area contributed by atoms with Crippen molar-refractivity contribution in [3.05, 3.63) is 53.1 Å². The number of aromatic hydroxyl groups is 3.